The Morgan fingerprint density at radius 2 is 1.68 bits per heavy atom. The number of fused-ring (bicyclic) bond motifs is 3. The quantitative estimate of drug-likeness (QED) is 0.409. The fraction of sp³-hybridized carbons (Fsp3) is 0. The van der Waals surface area contributed by atoms with Crippen LogP contribution in [-0.4, -0.2) is 0 Å². The molecule has 2 heteroatoms. The SMILES string of the molecule is C=Cc1ccc(-c2cccc3c2oc2cccc(Cl)c23)cc1. The van der Waals surface area contributed by atoms with Gasteiger partial charge in [0.05, 0.1) is 5.02 Å². The molecule has 1 nitrogen and oxygen atoms in total. The summed E-state index contributed by atoms with van der Waals surface area (Å²) in [5, 5.41) is 2.74. The van der Waals surface area contributed by atoms with Crippen molar-refractivity contribution in [3.8, 4) is 11.1 Å². The first-order chi connectivity index (χ1) is 10.8. The molecule has 0 atom stereocenters. The van der Waals surface area contributed by atoms with Gasteiger partial charge in [-0.05, 0) is 23.3 Å². The number of benzene rings is 3. The van der Waals surface area contributed by atoms with Gasteiger partial charge in [-0.2, -0.15) is 0 Å². The lowest BCUT2D eigenvalue weighted by Crippen LogP contribution is -1.79. The van der Waals surface area contributed by atoms with Crippen LogP contribution in [0.4, 0.5) is 0 Å². The number of para-hydroxylation sites is 1. The van der Waals surface area contributed by atoms with Gasteiger partial charge in [-0.25, -0.2) is 0 Å². The highest BCUT2D eigenvalue weighted by Gasteiger charge is 2.13. The van der Waals surface area contributed by atoms with Crippen LogP contribution < -0.4 is 0 Å². The standard InChI is InChI=1S/C20H13ClO/c1-2-13-9-11-14(12-10-13)15-5-3-6-16-19-17(21)7-4-8-18(19)22-20(15)16/h2-12H,1H2. The largest absolute Gasteiger partial charge is 0.455 e. The molecule has 0 N–H and O–H groups in total. The molecule has 3 aromatic carbocycles. The summed E-state index contributed by atoms with van der Waals surface area (Å²) in [4.78, 5) is 0. The van der Waals surface area contributed by atoms with Gasteiger partial charge in [0.15, 0.2) is 0 Å². The summed E-state index contributed by atoms with van der Waals surface area (Å²) in [6, 6.07) is 20.2. The van der Waals surface area contributed by atoms with Crippen LogP contribution in [0.15, 0.2) is 71.7 Å². The van der Waals surface area contributed by atoms with E-state index in [0.717, 1.165) is 43.7 Å². The Labute approximate surface area is 133 Å². The molecule has 4 rings (SSSR count). The number of furan rings is 1. The van der Waals surface area contributed by atoms with Gasteiger partial charge in [-0.3, -0.25) is 0 Å². The minimum atomic E-state index is 0.718. The van der Waals surface area contributed by atoms with E-state index in [1.54, 1.807) is 0 Å². The summed E-state index contributed by atoms with van der Waals surface area (Å²) in [6.07, 6.45) is 1.84. The predicted octanol–water partition coefficient (Wildman–Crippen LogP) is 6.55. The van der Waals surface area contributed by atoms with E-state index in [2.05, 4.69) is 43.0 Å². The van der Waals surface area contributed by atoms with Crippen molar-refractivity contribution in [2.45, 2.75) is 0 Å². The zero-order chi connectivity index (χ0) is 15.1. The van der Waals surface area contributed by atoms with E-state index in [4.69, 9.17) is 16.0 Å². The first kappa shape index (κ1) is 13.2. The van der Waals surface area contributed by atoms with Gasteiger partial charge in [0, 0.05) is 16.3 Å². The second-order valence-electron chi connectivity index (χ2n) is 5.22. The summed E-state index contributed by atoms with van der Waals surface area (Å²) >= 11 is 6.34. The third kappa shape index (κ3) is 1.94. The Morgan fingerprint density at radius 3 is 2.45 bits per heavy atom. The topological polar surface area (TPSA) is 13.1 Å². The van der Waals surface area contributed by atoms with Crippen molar-refractivity contribution < 1.29 is 4.42 Å². The van der Waals surface area contributed by atoms with E-state index >= 15 is 0 Å². The highest BCUT2D eigenvalue weighted by Crippen LogP contribution is 2.38. The molecular weight excluding hydrogens is 292 g/mol. The smallest absolute Gasteiger partial charge is 0.143 e. The highest BCUT2D eigenvalue weighted by molar-refractivity contribution is 6.37. The third-order valence-electron chi connectivity index (χ3n) is 3.93. The Hall–Kier alpha value is -2.51. The fourth-order valence-electron chi connectivity index (χ4n) is 2.83. The summed E-state index contributed by atoms with van der Waals surface area (Å²) in [6.45, 7) is 3.79. The summed E-state index contributed by atoms with van der Waals surface area (Å²) in [5.74, 6) is 0. The molecule has 0 aliphatic heterocycles. The molecule has 4 aromatic rings. The van der Waals surface area contributed by atoms with Gasteiger partial charge in [0.1, 0.15) is 11.2 Å². The molecule has 0 saturated carbocycles. The van der Waals surface area contributed by atoms with Gasteiger partial charge < -0.3 is 4.42 Å². The molecule has 0 radical (unpaired) electrons. The molecule has 0 spiro atoms. The molecular formula is C20H13ClO. The molecule has 0 aliphatic rings. The molecule has 0 bridgehead atoms. The maximum Gasteiger partial charge on any atom is 0.143 e. The maximum atomic E-state index is 6.34. The zero-order valence-electron chi connectivity index (χ0n) is 11.8. The second kappa shape index (κ2) is 5.04. The molecule has 1 heterocycles. The third-order valence-corrected chi connectivity index (χ3v) is 4.24. The minimum absolute atomic E-state index is 0.718. The Balaban J connectivity index is 2.03. The fourth-order valence-corrected chi connectivity index (χ4v) is 3.10. The van der Waals surface area contributed by atoms with E-state index in [0.29, 0.717) is 0 Å². The molecule has 0 fully saturated rings. The van der Waals surface area contributed by atoms with Crippen molar-refractivity contribution in [3.05, 3.63) is 77.8 Å². The zero-order valence-corrected chi connectivity index (χ0v) is 12.6. The Bertz CT molecular complexity index is 994. The lowest BCUT2D eigenvalue weighted by Gasteiger charge is -2.03. The van der Waals surface area contributed by atoms with E-state index in [1.807, 2.05) is 30.3 Å². The van der Waals surface area contributed by atoms with Crippen LogP contribution in [0.25, 0.3) is 39.1 Å². The highest BCUT2D eigenvalue weighted by atomic mass is 35.5. The molecule has 0 saturated heterocycles. The van der Waals surface area contributed by atoms with E-state index in [9.17, 15) is 0 Å². The molecule has 0 amide bonds. The van der Waals surface area contributed by atoms with Crippen molar-refractivity contribution in [3.63, 3.8) is 0 Å². The lowest BCUT2D eigenvalue weighted by atomic mass is 10.0. The van der Waals surface area contributed by atoms with Crippen LogP contribution in [0.5, 0.6) is 0 Å². The van der Waals surface area contributed by atoms with Crippen molar-refractivity contribution >= 4 is 39.6 Å². The maximum absolute atomic E-state index is 6.34. The van der Waals surface area contributed by atoms with Crippen LogP contribution in [0.3, 0.4) is 0 Å². The lowest BCUT2D eigenvalue weighted by molar-refractivity contribution is 0.670. The van der Waals surface area contributed by atoms with Crippen molar-refractivity contribution in [1.82, 2.24) is 0 Å². The predicted molar refractivity (Wildman–Crippen MR) is 94.3 cm³/mol. The number of hydrogen-bond acceptors (Lipinski definition) is 1. The van der Waals surface area contributed by atoms with Crippen molar-refractivity contribution in [1.29, 1.82) is 0 Å². The molecule has 1 aromatic heterocycles. The van der Waals surface area contributed by atoms with Gasteiger partial charge in [0.2, 0.25) is 0 Å². The van der Waals surface area contributed by atoms with Crippen LogP contribution in [-0.2, 0) is 0 Å². The average Bonchev–Trinajstić information content (AvgIpc) is 2.95. The summed E-state index contributed by atoms with van der Waals surface area (Å²) < 4.78 is 6.07. The Morgan fingerprint density at radius 1 is 0.909 bits per heavy atom. The van der Waals surface area contributed by atoms with Crippen LogP contribution in [0.1, 0.15) is 5.56 Å². The first-order valence-electron chi connectivity index (χ1n) is 7.10. The number of rotatable bonds is 2. The van der Waals surface area contributed by atoms with Crippen molar-refractivity contribution in [2.24, 2.45) is 0 Å². The van der Waals surface area contributed by atoms with E-state index < -0.39 is 0 Å². The van der Waals surface area contributed by atoms with E-state index in [-0.39, 0.29) is 0 Å². The van der Waals surface area contributed by atoms with Gasteiger partial charge in [0.25, 0.3) is 0 Å². The summed E-state index contributed by atoms with van der Waals surface area (Å²) in [5.41, 5.74) is 4.98. The summed E-state index contributed by atoms with van der Waals surface area (Å²) in [7, 11) is 0. The number of halogens is 1. The van der Waals surface area contributed by atoms with Crippen LogP contribution in [0.2, 0.25) is 5.02 Å². The number of hydrogen-bond donors (Lipinski definition) is 0. The average molecular weight is 305 g/mol. The molecule has 22 heavy (non-hydrogen) atoms. The second-order valence-corrected chi connectivity index (χ2v) is 5.63. The molecule has 0 unspecified atom stereocenters. The first-order valence-corrected chi connectivity index (χ1v) is 7.48. The minimum Gasteiger partial charge on any atom is -0.455 e. The van der Waals surface area contributed by atoms with Gasteiger partial charge in [-0.15, -0.1) is 0 Å². The Kier molecular flexibility index (Phi) is 3.02. The van der Waals surface area contributed by atoms with Gasteiger partial charge in [-0.1, -0.05) is 72.8 Å². The molecule has 0 aliphatic carbocycles. The van der Waals surface area contributed by atoms with Crippen LogP contribution in [0, 0.1) is 0 Å². The molecule has 106 valence electrons. The van der Waals surface area contributed by atoms with Crippen LogP contribution >= 0.6 is 11.6 Å². The monoisotopic (exact) mass is 304 g/mol. The van der Waals surface area contributed by atoms with E-state index in [1.165, 1.54) is 0 Å². The van der Waals surface area contributed by atoms with Crippen molar-refractivity contribution in [2.75, 3.05) is 0 Å². The van der Waals surface area contributed by atoms with Gasteiger partial charge >= 0.3 is 0 Å². The normalized spacial score (nSPS) is 11.1.